The van der Waals surface area contributed by atoms with Crippen molar-refractivity contribution in [1.82, 2.24) is 0 Å². The van der Waals surface area contributed by atoms with E-state index in [1.165, 1.54) is 12.0 Å². The molecule has 1 saturated heterocycles. The average Bonchev–Trinajstić information content (AvgIpc) is 2.50. The monoisotopic (exact) mass is 342 g/mol. The second-order valence-electron chi connectivity index (χ2n) is 4.95. The summed E-state index contributed by atoms with van der Waals surface area (Å²) < 4.78 is 16.9. The highest BCUT2D eigenvalue weighted by Crippen LogP contribution is 2.39. The molecule has 112 valence electrons. The van der Waals surface area contributed by atoms with Crippen molar-refractivity contribution in [3.63, 3.8) is 0 Å². The maximum absolute atomic E-state index is 5.69. The Labute approximate surface area is 129 Å². The first-order valence-corrected chi connectivity index (χ1v) is 8.29. The van der Waals surface area contributed by atoms with E-state index in [1.807, 2.05) is 19.9 Å². The summed E-state index contributed by atoms with van der Waals surface area (Å²) >= 11 is 3.82. The summed E-state index contributed by atoms with van der Waals surface area (Å²) in [5.41, 5.74) is 1.23. The zero-order chi connectivity index (χ0) is 14.4. The van der Waals surface area contributed by atoms with Crippen LogP contribution >= 0.6 is 15.9 Å². The lowest BCUT2D eigenvalue weighted by Gasteiger charge is -2.27. The predicted molar refractivity (Wildman–Crippen MR) is 84.0 cm³/mol. The predicted octanol–water partition coefficient (Wildman–Crippen LogP) is 4.35. The molecule has 1 aliphatic rings. The summed E-state index contributed by atoms with van der Waals surface area (Å²) in [6.45, 7) is 6.98. The fraction of sp³-hybridized carbons (Fsp3) is 0.625. The lowest BCUT2D eigenvalue weighted by molar-refractivity contribution is 0.0545. The molecule has 0 aliphatic carbocycles. The molecule has 0 saturated carbocycles. The lowest BCUT2D eigenvalue weighted by Crippen LogP contribution is -2.21. The molecule has 1 fully saturated rings. The zero-order valence-corrected chi connectivity index (χ0v) is 13.8. The molecule has 20 heavy (non-hydrogen) atoms. The van der Waals surface area contributed by atoms with E-state index in [2.05, 4.69) is 28.1 Å². The Hall–Kier alpha value is -0.740. The third-order valence-corrected chi connectivity index (χ3v) is 4.77. The minimum atomic E-state index is 0.303. The number of benzene rings is 1. The fourth-order valence-corrected chi connectivity index (χ4v) is 3.21. The molecule has 0 N–H and O–H groups in total. The Kier molecular flexibility index (Phi) is 6.17. The van der Waals surface area contributed by atoms with E-state index in [0.29, 0.717) is 24.0 Å². The zero-order valence-electron chi connectivity index (χ0n) is 12.2. The molecule has 4 heteroatoms. The number of ether oxygens (including phenoxy) is 3. The number of hydrogen-bond donors (Lipinski definition) is 0. The molecule has 2 atom stereocenters. The second-order valence-corrected chi connectivity index (χ2v) is 5.94. The van der Waals surface area contributed by atoms with E-state index >= 15 is 0 Å². The fourth-order valence-electron chi connectivity index (χ4n) is 2.51. The molecule has 1 heterocycles. The summed E-state index contributed by atoms with van der Waals surface area (Å²) in [6.07, 6.45) is 2.34. The van der Waals surface area contributed by atoms with Gasteiger partial charge in [-0.15, -0.1) is 0 Å². The average molecular weight is 343 g/mol. The van der Waals surface area contributed by atoms with Crippen molar-refractivity contribution in [2.24, 2.45) is 5.92 Å². The van der Waals surface area contributed by atoms with E-state index in [9.17, 15) is 0 Å². The van der Waals surface area contributed by atoms with E-state index in [1.54, 1.807) is 0 Å². The molecule has 2 unspecified atom stereocenters. The Morgan fingerprint density at radius 1 is 1.25 bits per heavy atom. The maximum atomic E-state index is 5.69. The Morgan fingerprint density at radius 2 is 2.00 bits per heavy atom. The van der Waals surface area contributed by atoms with Gasteiger partial charge in [-0.3, -0.25) is 0 Å². The Morgan fingerprint density at radius 3 is 2.65 bits per heavy atom. The van der Waals surface area contributed by atoms with E-state index < -0.39 is 0 Å². The third kappa shape index (κ3) is 3.89. The van der Waals surface area contributed by atoms with Gasteiger partial charge in [0, 0.05) is 11.4 Å². The molecule has 0 bridgehead atoms. The van der Waals surface area contributed by atoms with Gasteiger partial charge in [0.15, 0.2) is 11.5 Å². The van der Waals surface area contributed by atoms with Crippen molar-refractivity contribution in [3.05, 3.63) is 23.8 Å². The summed E-state index contributed by atoms with van der Waals surface area (Å²) in [6, 6.07) is 6.20. The highest BCUT2D eigenvalue weighted by molar-refractivity contribution is 9.09. The molecule has 0 amide bonds. The van der Waals surface area contributed by atoms with Crippen molar-refractivity contribution >= 4 is 15.9 Å². The van der Waals surface area contributed by atoms with Gasteiger partial charge >= 0.3 is 0 Å². The molecule has 0 aromatic heterocycles. The molecule has 1 aromatic rings. The molecule has 2 rings (SSSR count). The van der Waals surface area contributed by atoms with Crippen LogP contribution in [0.4, 0.5) is 0 Å². The summed E-state index contributed by atoms with van der Waals surface area (Å²) in [4.78, 5) is 0.303. The van der Waals surface area contributed by atoms with Crippen molar-refractivity contribution in [2.75, 3.05) is 26.4 Å². The molecule has 0 spiro atoms. The number of alkyl halides is 1. The molecule has 1 aromatic carbocycles. The van der Waals surface area contributed by atoms with Gasteiger partial charge in [0.25, 0.3) is 0 Å². The lowest BCUT2D eigenvalue weighted by atomic mass is 9.94. The molecule has 1 aliphatic heterocycles. The molecular formula is C16H23BrO3. The summed E-state index contributed by atoms with van der Waals surface area (Å²) in [5, 5.41) is 0. The largest absolute Gasteiger partial charge is 0.490 e. The summed E-state index contributed by atoms with van der Waals surface area (Å²) in [5.74, 6) is 2.17. The van der Waals surface area contributed by atoms with Gasteiger partial charge in [-0.05, 0) is 50.3 Å². The van der Waals surface area contributed by atoms with Gasteiger partial charge in [0.05, 0.1) is 19.8 Å². The van der Waals surface area contributed by atoms with Crippen molar-refractivity contribution in [3.8, 4) is 11.5 Å². The van der Waals surface area contributed by atoms with Crippen LogP contribution in [0.5, 0.6) is 11.5 Å². The van der Waals surface area contributed by atoms with Crippen molar-refractivity contribution in [1.29, 1.82) is 0 Å². The van der Waals surface area contributed by atoms with Gasteiger partial charge < -0.3 is 14.2 Å². The molecular weight excluding hydrogens is 320 g/mol. The van der Waals surface area contributed by atoms with Crippen LogP contribution in [-0.2, 0) is 4.74 Å². The number of rotatable bonds is 6. The minimum absolute atomic E-state index is 0.303. The van der Waals surface area contributed by atoms with E-state index in [0.717, 1.165) is 31.1 Å². The Bertz CT molecular complexity index is 416. The summed E-state index contributed by atoms with van der Waals surface area (Å²) in [7, 11) is 0. The van der Waals surface area contributed by atoms with Crippen molar-refractivity contribution < 1.29 is 14.2 Å². The highest BCUT2D eigenvalue weighted by Gasteiger charge is 2.24. The van der Waals surface area contributed by atoms with Crippen LogP contribution in [-0.4, -0.2) is 26.4 Å². The first-order valence-electron chi connectivity index (χ1n) is 7.37. The molecule has 3 nitrogen and oxygen atoms in total. The van der Waals surface area contributed by atoms with Gasteiger partial charge in [0.1, 0.15) is 0 Å². The van der Waals surface area contributed by atoms with Crippen LogP contribution in [0.15, 0.2) is 18.2 Å². The van der Waals surface area contributed by atoms with Crippen LogP contribution in [0, 0.1) is 5.92 Å². The van der Waals surface area contributed by atoms with Crippen LogP contribution in [0.2, 0.25) is 0 Å². The van der Waals surface area contributed by atoms with Crippen LogP contribution < -0.4 is 9.47 Å². The van der Waals surface area contributed by atoms with Gasteiger partial charge in [-0.25, -0.2) is 0 Å². The molecule has 0 radical (unpaired) electrons. The van der Waals surface area contributed by atoms with Crippen LogP contribution in [0.1, 0.15) is 37.1 Å². The maximum Gasteiger partial charge on any atom is 0.161 e. The van der Waals surface area contributed by atoms with E-state index in [4.69, 9.17) is 14.2 Å². The number of hydrogen-bond acceptors (Lipinski definition) is 3. The normalized spacial score (nSPS) is 20.4. The number of halogens is 1. The van der Waals surface area contributed by atoms with Gasteiger partial charge in [-0.2, -0.15) is 0 Å². The first-order chi connectivity index (χ1) is 9.76. The third-order valence-electron chi connectivity index (χ3n) is 3.50. The topological polar surface area (TPSA) is 27.7 Å². The van der Waals surface area contributed by atoms with Crippen molar-refractivity contribution in [2.45, 2.75) is 31.5 Å². The standard InChI is InChI=1S/C16H23BrO3/c1-3-19-14-8-7-12(10-15(14)20-4-2)16(17)13-6-5-9-18-11-13/h7-8,10,13,16H,3-6,9,11H2,1-2H3. The van der Waals surface area contributed by atoms with Gasteiger partial charge in [-0.1, -0.05) is 22.0 Å². The Balaban J connectivity index is 2.16. The minimum Gasteiger partial charge on any atom is -0.490 e. The highest BCUT2D eigenvalue weighted by atomic mass is 79.9. The second kappa shape index (κ2) is 7.89. The smallest absolute Gasteiger partial charge is 0.161 e. The van der Waals surface area contributed by atoms with E-state index in [-0.39, 0.29) is 0 Å². The van der Waals surface area contributed by atoms with Gasteiger partial charge in [0.2, 0.25) is 0 Å². The SMILES string of the molecule is CCOc1ccc(C(Br)C2CCCOC2)cc1OCC. The quantitative estimate of drug-likeness (QED) is 0.719. The van der Waals surface area contributed by atoms with Crippen LogP contribution in [0.3, 0.4) is 0 Å². The van der Waals surface area contributed by atoms with Crippen LogP contribution in [0.25, 0.3) is 0 Å². The first kappa shape index (κ1) is 15.6.